The lowest BCUT2D eigenvalue weighted by molar-refractivity contribution is 0.249. The van der Waals surface area contributed by atoms with Gasteiger partial charge in [0.05, 0.1) is 6.54 Å². The molecule has 0 aliphatic heterocycles. The van der Waals surface area contributed by atoms with Crippen molar-refractivity contribution in [3.8, 4) is 0 Å². The van der Waals surface area contributed by atoms with Gasteiger partial charge < -0.3 is 5.32 Å². The predicted octanol–water partition coefficient (Wildman–Crippen LogP) is 2.98. The Morgan fingerprint density at radius 1 is 1.26 bits per heavy atom. The third kappa shape index (κ3) is 4.46. The molecule has 1 aromatic heterocycles. The van der Waals surface area contributed by atoms with Crippen molar-refractivity contribution in [1.82, 2.24) is 14.9 Å². The van der Waals surface area contributed by atoms with Crippen molar-refractivity contribution >= 4 is 5.82 Å². The van der Waals surface area contributed by atoms with Gasteiger partial charge in [-0.2, -0.15) is 0 Å². The second-order valence-electron chi connectivity index (χ2n) is 5.44. The van der Waals surface area contributed by atoms with Crippen LogP contribution in [0.25, 0.3) is 0 Å². The highest BCUT2D eigenvalue weighted by Gasteiger charge is 2.28. The summed E-state index contributed by atoms with van der Waals surface area (Å²) in [6.45, 7) is 9.46. The van der Waals surface area contributed by atoms with E-state index in [-0.39, 0.29) is 0 Å². The summed E-state index contributed by atoms with van der Waals surface area (Å²) >= 11 is 0. The molecular weight excluding hydrogens is 236 g/mol. The van der Waals surface area contributed by atoms with Crippen LogP contribution >= 0.6 is 0 Å². The lowest BCUT2D eigenvalue weighted by Crippen LogP contribution is -2.27. The molecule has 0 unspecified atom stereocenters. The van der Waals surface area contributed by atoms with Crippen LogP contribution in [0.2, 0.25) is 0 Å². The molecule has 1 N–H and O–H groups in total. The van der Waals surface area contributed by atoms with Gasteiger partial charge in [-0.3, -0.25) is 4.90 Å². The average molecular weight is 262 g/mol. The van der Waals surface area contributed by atoms with Gasteiger partial charge in [0.1, 0.15) is 11.6 Å². The van der Waals surface area contributed by atoms with Gasteiger partial charge >= 0.3 is 0 Å². The van der Waals surface area contributed by atoms with E-state index in [1.807, 2.05) is 13.0 Å². The molecule has 4 nitrogen and oxygen atoms in total. The van der Waals surface area contributed by atoms with Gasteiger partial charge in [0, 0.05) is 24.3 Å². The normalized spacial score (nSPS) is 14.9. The van der Waals surface area contributed by atoms with E-state index in [0.29, 0.717) is 0 Å². The van der Waals surface area contributed by atoms with Gasteiger partial charge in [-0.05, 0) is 39.2 Å². The van der Waals surface area contributed by atoms with E-state index in [0.717, 1.165) is 49.4 Å². The Hall–Kier alpha value is -1.16. The van der Waals surface area contributed by atoms with E-state index in [1.54, 1.807) is 0 Å². The van der Waals surface area contributed by atoms with Crippen LogP contribution in [0.4, 0.5) is 5.82 Å². The van der Waals surface area contributed by atoms with Crippen molar-refractivity contribution in [3.05, 3.63) is 17.6 Å². The summed E-state index contributed by atoms with van der Waals surface area (Å²) in [5, 5.41) is 3.36. The number of rotatable bonds is 8. The summed E-state index contributed by atoms with van der Waals surface area (Å²) in [4.78, 5) is 11.7. The number of hydrogen-bond donors (Lipinski definition) is 1. The SMILES string of the molecule is CCCNc1cc(C)nc(CN(CCC)C2CC2)n1. The highest BCUT2D eigenvalue weighted by molar-refractivity contribution is 5.35. The van der Waals surface area contributed by atoms with Gasteiger partial charge in [0.25, 0.3) is 0 Å². The first kappa shape index (κ1) is 14.3. The van der Waals surface area contributed by atoms with E-state index in [9.17, 15) is 0 Å². The molecule has 0 bridgehead atoms. The fourth-order valence-electron chi connectivity index (χ4n) is 2.34. The lowest BCUT2D eigenvalue weighted by Gasteiger charge is -2.20. The van der Waals surface area contributed by atoms with Gasteiger partial charge in [-0.1, -0.05) is 13.8 Å². The molecule has 4 heteroatoms. The topological polar surface area (TPSA) is 41.1 Å². The second kappa shape index (κ2) is 6.85. The number of aryl methyl sites for hydroxylation is 1. The maximum Gasteiger partial charge on any atom is 0.144 e. The minimum Gasteiger partial charge on any atom is -0.370 e. The summed E-state index contributed by atoms with van der Waals surface area (Å²) in [6, 6.07) is 2.80. The molecule has 0 aromatic carbocycles. The van der Waals surface area contributed by atoms with Gasteiger partial charge in [-0.25, -0.2) is 9.97 Å². The number of nitrogens with one attached hydrogen (secondary N) is 1. The zero-order valence-corrected chi connectivity index (χ0v) is 12.4. The first-order chi connectivity index (χ1) is 9.22. The predicted molar refractivity (Wildman–Crippen MR) is 79.3 cm³/mol. The largest absolute Gasteiger partial charge is 0.370 e. The Morgan fingerprint density at radius 2 is 2.05 bits per heavy atom. The molecule has 1 aliphatic carbocycles. The van der Waals surface area contributed by atoms with Crippen molar-refractivity contribution < 1.29 is 0 Å². The minimum absolute atomic E-state index is 0.774. The van der Waals surface area contributed by atoms with Crippen molar-refractivity contribution in [2.24, 2.45) is 0 Å². The summed E-state index contributed by atoms with van der Waals surface area (Å²) in [5.74, 6) is 1.93. The van der Waals surface area contributed by atoms with Crippen LogP contribution in [0.5, 0.6) is 0 Å². The maximum atomic E-state index is 4.64. The molecule has 0 spiro atoms. The monoisotopic (exact) mass is 262 g/mol. The molecule has 1 fully saturated rings. The zero-order valence-electron chi connectivity index (χ0n) is 12.4. The fourth-order valence-corrected chi connectivity index (χ4v) is 2.34. The van der Waals surface area contributed by atoms with E-state index in [4.69, 9.17) is 0 Å². The summed E-state index contributed by atoms with van der Waals surface area (Å²) in [6.07, 6.45) is 4.99. The minimum atomic E-state index is 0.774. The molecule has 1 aromatic rings. The zero-order chi connectivity index (χ0) is 13.7. The van der Waals surface area contributed by atoms with E-state index < -0.39 is 0 Å². The fraction of sp³-hybridized carbons (Fsp3) is 0.733. The molecule has 1 aliphatic rings. The standard InChI is InChI=1S/C15H26N4/c1-4-8-16-14-10-12(3)17-15(18-14)11-19(9-5-2)13-6-7-13/h10,13H,4-9,11H2,1-3H3,(H,16,17,18). The van der Waals surface area contributed by atoms with Gasteiger partial charge in [0.15, 0.2) is 0 Å². The molecule has 1 heterocycles. The van der Waals surface area contributed by atoms with Crippen LogP contribution in [0, 0.1) is 6.92 Å². The molecular formula is C15H26N4. The first-order valence-corrected chi connectivity index (χ1v) is 7.55. The molecule has 2 rings (SSSR count). The summed E-state index contributed by atoms with van der Waals surface area (Å²) < 4.78 is 0. The molecule has 19 heavy (non-hydrogen) atoms. The molecule has 106 valence electrons. The highest BCUT2D eigenvalue weighted by Crippen LogP contribution is 2.28. The Kier molecular flexibility index (Phi) is 5.14. The third-order valence-corrected chi connectivity index (χ3v) is 3.38. The Bertz CT molecular complexity index is 401. The third-order valence-electron chi connectivity index (χ3n) is 3.38. The van der Waals surface area contributed by atoms with Crippen LogP contribution in [0.1, 0.15) is 51.0 Å². The van der Waals surface area contributed by atoms with Crippen molar-refractivity contribution in [2.45, 2.75) is 59.0 Å². The highest BCUT2D eigenvalue weighted by atomic mass is 15.2. The molecule has 0 radical (unpaired) electrons. The Morgan fingerprint density at radius 3 is 2.68 bits per heavy atom. The molecule has 0 atom stereocenters. The average Bonchev–Trinajstić information content (AvgIpc) is 3.19. The smallest absolute Gasteiger partial charge is 0.144 e. The van der Waals surface area contributed by atoms with Gasteiger partial charge in [0.2, 0.25) is 0 Å². The van der Waals surface area contributed by atoms with Crippen LogP contribution in [0.3, 0.4) is 0 Å². The maximum absolute atomic E-state index is 4.64. The van der Waals surface area contributed by atoms with Crippen LogP contribution in [-0.2, 0) is 6.54 Å². The van der Waals surface area contributed by atoms with E-state index >= 15 is 0 Å². The summed E-state index contributed by atoms with van der Waals surface area (Å²) in [7, 11) is 0. The van der Waals surface area contributed by atoms with Crippen molar-refractivity contribution in [3.63, 3.8) is 0 Å². The van der Waals surface area contributed by atoms with Crippen molar-refractivity contribution in [2.75, 3.05) is 18.4 Å². The quantitative estimate of drug-likeness (QED) is 0.782. The lowest BCUT2D eigenvalue weighted by atomic mass is 10.3. The molecule has 1 saturated carbocycles. The van der Waals surface area contributed by atoms with Crippen molar-refractivity contribution in [1.29, 1.82) is 0 Å². The molecule has 0 saturated heterocycles. The number of aromatic nitrogens is 2. The summed E-state index contributed by atoms with van der Waals surface area (Å²) in [5.41, 5.74) is 1.05. The van der Waals surface area contributed by atoms with E-state index in [1.165, 1.54) is 19.3 Å². The Labute approximate surface area is 116 Å². The first-order valence-electron chi connectivity index (χ1n) is 7.55. The van der Waals surface area contributed by atoms with E-state index in [2.05, 4.69) is 34.0 Å². The number of anilines is 1. The second-order valence-corrected chi connectivity index (χ2v) is 5.44. The van der Waals surface area contributed by atoms with Gasteiger partial charge in [-0.15, -0.1) is 0 Å². The Balaban J connectivity index is 2.03. The van der Waals surface area contributed by atoms with Crippen LogP contribution < -0.4 is 5.32 Å². The number of hydrogen-bond acceptors (Lipinski definition) is 4. The van der Waals surface area contributed by atoms with Crippen LogP contribution in [-0.4, -0.2) is 34.0 Å². The number of nitrogens with zero attached hydrogens (tertiary/aromatic N) is 3. The molecule has 0 amide bonds. The van der Waals surface area contributed by atoms with Crippen LogP contribution in [0.15, 0.2) is 6.07 Å².